The summed E-state index contributed by atoms with van der Waals surface area (Å²) in [5, 5.41) is 0. The van der Waals surface area contributed by atoms with E-state index in [2.05, 4.69) is 11.8 Å². The van der Waals surface area contributed by atoms with Gasteiger partial charge in [0.05, 0.1) is 17.2 Å². The molecule has 4 unspecified atom stereocenters. The molecule has 2 fully saturated rings. The Bertz CT molecular complexity index is 1070. The molecule has 182 valence electrons. The van der Waals surface area contributed by atoms with E-state index in [1.807, 2.05) is 6.92 Å². The molecule has 0 amide bonds. The Balaban J connectivity index is 1.48. The topological polar surface area (TPSA) is 9.23 Å². The standard InChI is InChI=1S/C27H26F6O/c1-2-34-21-8-7-17-12-18(5-6-19(17)13-21)20-14-24(28)22(25(29)15-20)9-3-16-4-10-23(26(30)11-16)27(31,32)33/h4,10-11,14-15,17-19,21H,2,5-8,12-13H2,1H3. The van der Waals surface area contributed by atoms with Crippen LogP contribution in [0.15, 0.2) is 30.3 Å². The molecule has 4 rings (SSSR count). The summed E-state index contributed by atoms with van der Waals surface area (Å²) in [7, 11) is 0. The van der Waals surface area contributed by atoms with Crippen LogP contribution >= 0.6 is 0 Å². The van der Waals surface area contributed by atoms with Crippen LogP contribution in [0.2, 0.25) is 0 Å². The van der Waals surface area contributed by atoms with Crippen molar-refractivity contribution < 1.29 is 31.1 Å². The lowest BCUT2D eigenvalue weighted by Crippen LogP contribution is -2.33. The molecule has 7 heteroatoms. The highest BCUT2D eigenvalue weighted by Gasteiger charge is 2.37. The highest BCUT2D eigenvalue weighted by atomic mass is 19.4. The Labute approximate surface area is 195 Å². The number of hydrogen-bond acceptors (Lipinski definition) is 1. The Morgan fingerprint density at radius 1 is 0.853 bits per heavy atom. The molecule has 0 spiro atoms. The highest BCUT2D eigenvalue weighted by molar-refractivity contribution is 5.46. The fraction of sp³-hybridized carbons (Fsp3) is 0.481. The molecule has 0 saturated heterocycles. The summed E-state index contributed by atoms with van der Waals surface area (Å²) in [5.41, 5.74) is -1.39. The first-order chi connectivity index (χ1) is 16.2. The van der Waals surface area contributed by atoms with Gasteiger partial charge in [0.2, 0.25) is 0 Å². The molecule has 0 aliphatic heterocycles. The molecule has 2 aromatic carbocycles. The number of hydrogen-bond donors (Lipinski definition) is 0. The van der Waals surface area contributed by atoms with Crippen molar-refractivity contribution in [1.82, 2.24) is 0 Å². The second-order valence-corrected chi connectivity index (χ2v) is 9.22. The number of benzene rings is 2. The van der Waals surface area contributed by atoms with Crippen molar-refractivity contribution in [2.45, 2.75) is 63.6 Å². The second-order valence-electron chi connectivity index (χ2n) is 9.22. The van der Waals surface area contributed by atoms with Crippen LogP contribution in [0.25, 0.3) is 0 Å². The van der Waals surface area contributed by atoms with Gasteiger partial charge >= 0.3 is 6.18 Å². The summed E-state index contributed by atoms with van der Waals surface area (Å²) in [4.78, 5) is 0. The van der Waals surface area contributed by atoms with E-state index in [-0.39, 0.29) is 11.5 Å². The summed E-state index contributed by atoms with van der Waals surface area (Å²) in [6.45, 7) is 2.72. The third-order valence-electron chi connectivity index (χ3n) is 7.11. The van der Waals surface area contributed by atoms with Gasteiger partial charge in [-0.25, -0.2) is 13.2 Å². The number of rotatable bonds is 3. The van der Waals surface area contributed by atoms with Crippen LogP contribution in [0, 0.1) is 41.1 Å². The van der Waals surface area contributed by atoms with Crippen LogP contribution in [-0.2, 0) is 10.9 Å². The predicted octanol–water partition coefficient (Wildman–Crippen LogP) is 7.61. The molecule has 1 nitrogen and oxygen atoms in total. The number of ether oxygens (including phenoxy) is 1. The molecule has 4 atom stereocenters. The van der Waals surface area contributed by atoms with Gasteiger partial charge in [0.1, 0.15) is 17.5 Å². The minimum atomic E-state index is -4.83. The van der Waals surface area contributed by atoms with E-state index >= 15 is 0 Å². The Kier molecular flexibility index (Phi) is 7.28. The minimum Gasteiger partial charge on any atom is -0.378 e. The lowest BCUT2D eigenvalue weighted by molar-refractivity contribution is -0.140. The summed E-state index contributed by atoms with van der Waals surface area (Å²) >= 11 is 0. The van der Waals surface area contributed by atoms with Crippen LogP contribution in [-0.4, -0.2) is 12.7 Å². The third-order valence-corrected chi connectivity index (χ3v) is 7.11. The zero-order chi connectivity index (χ0) is 24.5. The van der Waals surface area contributed by atoms with E-state index in [0.717, 1.165) is 44.6 Å². The maximum absolute atomic E-state index is 14.8. The molecule has 34 heavy (non-hydrogen) atoms. The lowest BCUT2D eigenvalue weighted by atomic mass is 9.65. The first kappa shape index (κ1) is 24.7. The van der Waals surface area contributed by atoms with E-state index in [4.69, 9.17) is 4.74 Å². The summed E-state index contributed by atoms with van der Waals surface area (Å²) in [6.07, 6.45) is 1.36. The Morgan fingerprint density at radius 3 is 2.18 bits per heavy atom. The first-order valence-corrected chi connectivity index (χ1v) is 11.6. The Hall–Kier alpha value is -2.46. The molecule has 0 heterocycles. The predicted molar refractivity (Wildman–Crippen MR) is 117 cm³/mol. The highest BCUT2D eigenvalue weighted by Crippen LogP contribution is 2.47. The molecule has 0 aromatic heterocycles. The van der Waals surface area contributed by atoms with Crippen LogP contribution in [0.4, 0.5) is 26.3 Å². The molecule has 0 N–H and O–H groups in total. The SMILES string of the molecule is CCOC1CCC2CC(c3cc(F)c(C#Cc4ccc(C(F)(F)F)c(F)c4)c(F)c3)CCC2C1. The van der Waals surface area contributed by atoms with Crippen LogP contribution in [0.5, 0.6) is 0 Å². The van der Waals surface area contributed by atoms with Crippen molar-refractivity contribution in [1.29, 1.82) is 0 Å². The van der Waals surface area contributed by atoms with E-state index < -0.39 is 34.8 Å². The normalized spacial score (nSPS) is 24.8. The fourth-order valence-corrected chi connectivity index (χ4v) is 5.44. The minimum absolute atomic E-state index is 0.0694. The van der Waals surface area contributed by atoms with Crippen molar-refractivity contribution in [2.24, 2.45) is 11.8 Å². The molecule has 2 aliphatic carbocycles. The van der Waals surface area contributed by atoms with E-state index in [9.17, 15) is 26.3 Å². The van der Waals surface area contributed by atoms with Gasteiger partial charge in [-0.05, 0) is 99.1 Å². The summed E-state index contributed by atoms with van der Waals surface area (Å²) < 4.78 is 87.1. The zero-order valence-electron chi connectivity index (χ0n) is 18.8. The largest absolute Gasteiger partial charge is 0.419 e. The van der Waals surface area contributed by atoms with Gasteiger partial charge in [0, 0.05) is 12.2 Å². The van der Waals surface area contributed by atoms with Crippen molar-refractivity contribution in [3.05, 3.63) is 70.0 Å². The molecule has 2 saturated carbocycles. The van der Waals surface area contributed by atoms with Gasteiger partial charge in [0.25, 0.3) is 0 Å². The van der Waals surface area contributed by atoms with Crippen LogP contribution in [0.1, 0.15) is 73.6 Å². The number of alkyl halides is 3. The molecular weight excluding hydrogens is 454 g/mol. The Morgan fingerprint density at radius 2 is 1.53 bits per heavy atom. The van der Waals surface area contributed by atoms with Gasteiger partial charge in [-0.15, -0.1) is 0 Å². The first-order valence-electron chi connectivity index (χ1n) is 11.6. The average molecular weight is 480 g/mol. The maximum Gasteiger partial charge on any atom is 0.419 e. The van der Waals surface area contributed by atoms with Gasteiger partial charge in [-0.3, -0.25) is 0 Å². The van der Waals surface area contributed by atoms with Crippen molar-refractivity contribution in [3.63, 3.8) is 0 Å². The smallest absolute Gasteiger partial charge is 0.378 e. The third kappa shape index (κ3) is 5.43. The van der Waals surface area contributed by atoms with Crippen molar-refractivity contribution in [2.75, 3.05) is 6.61 Å². The van der Waals surface area contributed by atoms with E-state index in [1.54, 1.807) is 0 Å². The van der Waals surface area contributed by atoms with Crippen molar-refractivity contribution >= 4 is 0 Å². The van der Waals surface area contributed by atoms with Gasteiger partial charge < -0.3 is 4.74 Å². The van der Waals surface area contributed by atoms with Crippen LogP contribution in [0.3, 0.4) is 0 Å². The quantitative estimate of drug-likeness (QED) is 0.325. The van der Waals surface area contributed by atoms with E-state index in [0.29, 0.717) is 42.2 Å². The molecule has 2 aromatic rings. The van der Waals surface area contributed by atoms with Crippen LogP contribution < -0.4 is 0 Å². The average Bonchev–Trinajstić information content (AvgIpc) is 2.77. The van der Waals surface area contributed by atoms with Gasteiger partial charge in [-0.2, -0.15) is 13.2 Å². The molecule has 0 bridgehead atoms. The van der Waals surface area contributed by atoms with Crippen molar-refractivity contribution in [3.8, 4) is 11.8 Å². The second kappa shape index (κ2) is 10.0. The molecule has 2 aliphatic rings. The lowest BCUT2D eigenvalue weighted by Gasteiger charge is -2.42. The van der Waals surface area contributed by atoms with Gasteiger partial charge in [0.15, 0.2) is 0 Å². The number of halogens is 6. The van der Waals surface area contributed by atoms with Gasteiger partial charge in [-0.1, -0.05) is 11.8 Å². The maximum atomic E-state index is 14.8. The monoisotopic (exact) mass is 480 g/mol. The number of fused-ring (bicyclic) bond motifs is 1. The molecular formula is C27H26F6O. The summed E-state index contributed by atoms with van der Waals surface area (Å²) in [6, 6.07) is 4.75. The van der Waals surface area contributed by atoms with E-state index in [1.165, 1.54) is 12.1 Å². The fourth-order valence-electron chi connectivity index (χ4n) is 5.44. The summed E-state index contributed by atoms with van der Waals surface area (Å²) in [5.74, 6) is 2.73. The zero-order valence-corrected chi connectivity index (χ0v) is 18.8. The molecule has 0 radical (unpaired) electrons.